The Bertz CT molecular complexity index is 952. The predicted octanol–water partition coefficient (Wildman–Crippen LogP) is 3.96. The summed E-state index contributed by atoms with van der Waals surface area (Å²) in [6, 6.07) is 11.8. The lowest BCUT2D eigenvalue weighted by molar-refractivity contribution is -0.136. The van der Waals surface area contributed by atoms with Gasteiger partial charge in [0.2, 0.25) is 5.91 Å². The van der Waals surface area contributed by atoms with Gasteiger partial charge in [0.15, 0.2) is 6.61 Å². The monoisotopic (exact) mass is 424 g/mol. The third-order valence-corrected chi connectivity index (χ3v) is 6.13. The van der Waals surface area contributed by atoms with Crippen molar-refractivity contribution in [2.75, 3.05) is 26.2 Å². The third-order valence-electron chi connectivity index (χ3n) is 6.13. The van der Waals surface area contributed by atoms with Crippen LogP contribution in [0.5, 0.6) is 5.75 Å². The van der Waals surface area contributed by atoms with Crippen LogP contribution in [0.4, 0.5) is 4.39 Å². The van der Waals surface area contributed by atoms with Crippen molar-refractivity contribution in [2.45, 2.75) is 39.2 Å². The number of carbonyl (C=O) groups is 2. The van der Waals surface area contributed by atoms with Crippen LogP contribution in [-0.4, -0.2) is 47.9 Å². The van der Waals surface area contributed by atoms with Gasteiger partial charge in [0, 0.05) is 25.6 Å². The highest BCUT2D eigenvalue weighted by Gasteiger charge is 2.33. The van der Waals surface area contributed by atoms with Gasteiger partial charge in [-0.2, -0.15) is 0 Å². The Morgan fingerprint density at radius 3 is 2.45 bits per heavy atom. The summed E-state index contributed by atoms with van der Waals surface area (Å²) in [6.45, 7) is 6.00. The number of likely N-dealkylation sites (tertiary alicyclic amines) is 1. The van der Waals surface area contributed by atoms with Crippen molar-refractivity contribution in [1.29, 1.82) is 0 Å². The molecule has 1 atom stereocenters. The maximum absolute atomic E-state index is 13.6. The molecule has 0 saturated carbocycles. The Morgan fingerprint density at radius 2 is 1.77 bits per heavy atom. The van der Waals surface area contributed by atoms with E-state index in [1.165, 1.54) is 12.1 Å². The zero-order chi connectivity index (χ0) is 22.0. The molecule has 0 aliphatic carbocycles. The molecule has 2 aliphatic heterocycles. The van der Waals surface area contributed by atoms with Gasteiger partial charge < -0.3 is 14.5 Å². The van der Waals surface area contributed by atoms with Gasteiger partial charge in [-0.3, -0.25) is 9.59 Å². The van der Waals surface area contributed by atoms with Crippen LogP contribution in [0.3, 0.4) is 0 Å². The maximum atomic E-state index is 13.6. The number of hydrogen-bond donors (Lipinski definition) is 0. The smallest absolute Gasteiger partial charge is 0.260 e. The van der Waals surface area contributed by atoms with Crippen molar-refractivity contribution in [3.05, 3.63) is 65.0 Å². The standard InChI is InChI=1S/C25H29FN2O3/c1-17(2)25(30)28-14-11-18-7-10-21(31-16-23(29)27-12-3-4-13-27)15-22(18)24(28)19-5-8-20(26)9-6-19/h5-10,15,17,24H,3-4,11-14,16H2,1-2H3/t24-/m0/s1. The van der Waals surface area contributed by atoms with Crippen LogP contribution in [0.15, 0.2) is 42.5 Å². The molecule has 2 aromatic carbocycles. The molecule has 6 heteroatoms. The van der Waals surface area contributed by atoms with Crippen LogP contribution >= 0.6 is 0 Å². The molecule has 0 aromatic heterocycles. The molecular weight excluding hydrogens is 395 g/mol. The fraction of sp³-hybridized carbons (Fsp3) is 0.440. The molecule has 0 unspecified atom stereocenters. The van der Waals surface area contributed by atoms with Gasteiger partial charge in [0.05, 0.1) is 6.04 Å². The summed E-state index contributed by atoms with van der Waals surface area (Å²) in [5.41, 5.74) is 2.97. The van der Waals surface area contributed by atoms with Crippen LogP contribution in [0.2, 0.25) is 0 Å². The summed E-state index contributed by atoms with van der Waals surface area (Å²) in [5, 5.41) is 0. The predicted molar refractivity (Wildman–Crippen MR) is 116 cm³/mol. The lowest BCUT2D eigenvalue weighted by Gasteiger charge is -2.39. The average Bonchev–Trinajstić information content (AvgIpc) is 3.32. The number of ether oxygens (including phenoxy) is 1. The van der Waals surface area contributed by atoms with Crippen molar-refractivity contribution in [1.82, 2.24) is 9.80 Å². The van der Waals surface area contributed by atoms with Gasteiger partial charge in [0.25, 0.3) is 5.91 Å². The van der Waals surface area contributed by atoms with Crippen LogP contribution in [0.25, 0.3) is 0 Å². The molecule has 5 nitrogen and oxygen atoms in total. The molecule has 31 heavy (non-hydrogen) atoms. The quantitative estimate of drug-likeness (QED) is 0.730. The van der Waals surface area contributed by atoms with Gasteiger partial charge >= 0.3 is 0 Å². The van der Waals surface area contributed by atoms with Crippen molar-refractivity contribution in [3.8, 4) is 5.75 Å². The number of benzene rings is 2. The van der Waals surface area contributed by atoms with E-state index in [9.17, 15) is 14.0 Å². The highest BCUT2D eigenvalue weighted by molar-refractivity contribution is 5.80. The van der Waals surface area contributed by atoms with Crippen LogP contribution in [-0.2, 0) is 16.0 Å². The molecule has 1 saturated heterocycles. The number of halogens is 1. The summed E-state index contributed by atoms with van der Waals surface area (Å²) >= 11 is 0. The number of amides is 2. The molecule has 0 N–H and O–H groups in total. The topological polar surface area (TPSA) is 49.9 Å². The largest absolute Gasteiger partial charge is 0.484 e. The second-order valence-corrected chi connectivity index (χ2v) is 8.63. The van der Waals surface area contributed by atoms with Crippen molar-refractivity contribution in [2.24, 2.45) is 5.92 Å². The zero-order valence-electron chi connectivity index (χ0n) is 18.1. The summed E-state index contributed by atoms with van der Waals surface area (Å²) in [5.74, 6) is 0.232. The van der Waals surface area contributed by atoms with Crippen molar-refractivity contribution in [3.63, 3.8) is 0 Å². The minimum atomic E-state index is -0.308. The first-order chi connectivity index (χ1) is 14.9. The van der Waals surface area contributed by atoms with E-state index in [1.807, 2.05) is 41.8 Å². The number of nitrogens with zero attached hydrogens (tertiary/aromatic N) is 2. The number of fused-ring (bicyclic) bond motifs is 1. The third kappa shape index (κ3) is 4.58. The SMILES string of the molecule is CC(C)C(=O)N1CCc2ccc(OCC(=O)N3CCCC3)cc2[C@@H]1c1ccc(F)cc1. The second kappa shape index (κ2) is 9.08. The van der Waals surface area contributed by atoms with E-state index in [0.717, 1.165) is 49.0 Å². The molecule has 1 fully saturated rings. The molecule has 0 radical (unpaired) electrons. The first-order valence-corrected chi connectivity index (χ1v) is 11.0. The van der Waals surface area contributed by atoms with Gasteiger partial charge in [0.1, 0.15) is 11.6 Å². The first-order valence-electron chi connectivity index (χ1n) is 11.0. The molecule has 2 aliphatic rings. The lowest BCUT2D eigenvalue weighted by atomic mass is 9.87. The molecule has 2 amide bonds. The van der Waals surface area contributed by atoms with Crippen molar-refractivity contribution >= 4 is 11.8 Å². The Balaban J connectivity index is 1.63. The zero-order valence-corrected chi connectivity index (χ0v) is 18.1. The molecule has 164 valence electrons. The number of hydrogen-bond acceptors (Lipinski definition) is 3. The van der Waals surface area contributed by atoms with E-state index in [0.29, 0.717) is 12.3 Å². The van der Waals surface area contributed by atoms with Gasteiger partial charge in [-0.1, -0.05) is 32.0 Å². The molecule has 4 rings (SSSR count). The Morgan fingerprint density at radius 1 is 1.06 bits per heavy atom. The van der Waals surface area contributed by atoms with E-state index in [4.69, 9.17) is 4.74 Å². The van der Waals surface area contributed by atoms with E-state index in [1.54, 1.807) is 12.1 Å². The molecular formula is C25H29FN2O3. The van der Waals surface area contributed by atoms with E-state index >= 15 is 0 Å². The molecule has 0 bridgehead atoms. The average molecular weight is 425 g/mol. The van der Waals surface area contributed by atoms with E-state index in [2.05, 4.69) is 0 Å². The van der Waals surface area contributed by atoms with E-state index in [-0.39, 0.29) is 36.2 Å². The minimum absolute atomic E-state index is 0.00178. The van der Waals surface area contributed by atoms with Crippen LogP contribution < -0.4 is 4.74 Å². The molecule has 2 heterocycles. The minimum Gasteiger partial charge on any atom is -0.484 e. The fourth-order valence-corrected chi connectivity index (χ4v) is 4.46. The number of rotatable bonds is 5. The summed E-state index contributed by atoms with van der Waals surface area (Å²) in [6.07, 6.45) is 2.84. The van der Waals surface area contributed by atoms with Gasteiger partial charge in [-0.15, -0.1) is 0 Å². The van der Waals surface area contributed by atoms with Gasteiger partial charge in [-0.05, 0) is 60.2 Å². The highest BCUT2D eigenvalue weighted by atomic mass is 19.1. The van der Waals surface area contributed by atoms with Gasteiger partial charge in [-0.25, -0.2) is 4.39 Å². The van der Waals surface area contributed by atoms with Crippen molar-refractivity contribution < 1.29 is 18.7 Å². The second-order valence-electron chi connectivity index (χ2n) is 8.63. The molecule has 0 spiro atoms. The Labute approximate surface area is 182 Å². The first kappa shape index (κ1) is 21.3. The fourth-order valence-electron chi connectivity index (χ4n) is 4.46. The summed E-state index contributed by atoms with van der Waals surface area (Å²) in [4.78, 5) is 29.0. The Kier molecular flexibility index (Phi) is 6.25. The highest BCUT2D eigenvalue weighted by Crippen LogP contribution is 2.38. The normalized spacial score (nSPS) is 18.3. The maximum Gasteiger partial charge on any atom is 0.260 e. The number of carbonyl (C=O) groups excluding carboxylic acids is 2. The lowest BCUT2D eigenvalue weighted by Crippen LogP contribution is -2.42. The summed E-state index contributed by atoms with van der Waals surface area (Å²) in [7, 11) is 0. The van der Waals surface area contributed by atoms with Crippen LogP contribution in [0, 0.1) is 11.7 Å². The Hall–Kier alpha value is -2.89. The molecule has 2 aromatic rings. The van der Waals surface area contributed by atoms with Crippen LogP contribution in [0.1, 0.15) is 49.4 Å². The summed E-state index contributed by atoms with van der Waals surface area (Å²) < 4.78 is 19.4. The van der Waals surface area contributed by atoms with E-state index < -0.39 is 0 Å².